The van der Waals surface area contributed by atoms with Crippen molar-refractivity contribution in [2.45, 2.75) is 12.0 Å². The van der Waals surface area contributed by atoms with Gasteiger partial charge in [0.05, 0.1) is 0 Å². The standard InChI is InChI=1S/C8H8F2OS/c9-8(10)11-7(12)6-4-2-1-3-5-6/h1-5,7-8,12H. The van der Waals surface area contributed by atoms with Gasteiger partial charge in [-0.15, -0.1) is 12.6 Å². The van der Waals surface area contributed by atoms with Crippen LogP contribution in [0.2, 0.25) is 0 Å². The molecule has 0 heterocycles. The fraction of sp³-hybridized carbons (Fsp3) is 0.250. The van der Waals surface area contributed by atoms with Gasteiger partial charge in [0.25, 0.3) is 0 Å². The van der Waals surface area contributed by atoms with Crippen LogP contribution in [0, 0.1) is 0 Å². The molecule has 12 heavy (non-hydrogen) atoms. The quantitative estimate of drug-likeness (QED) is 0.569. The van der Waals surface area contributed by atoms with Crippen LogP contribution in [0.1, 0.15) is 11.0 Å². The van der Waals surface area contributed by atoms with Crippen molar-refractivity contribution >= 4 is 12.6 Å². The maximum Gasteiger partial charge on any atom is 0.346 e. The Hall–Kier alpha value is -0.610. The van der Waals surface area contributed by atoms with Crippen molar-refractivity contribution in [3.8, 4) is 0 Å². The minimum absolute atomic E-state index is 0.626. The van der Waals surface area contributed by atoms with Crippen LogP contribution in [0.4, 0.5) is 8.78 Å². The Balaban J connectivity index is 2.59. The lowest BCUT2D eigenvalue weighted by Crippen LogP contribution is -2.02. The summed E-state index contributed by atoms with van der Waals surface area (Å²) >= 11 is 3.86. The molecule has 4 heteroatoms. The predicted molar refractivity (Wildman–Crippen MR) is 45.3 cm³/mol. The third kappa shape index (κ3) is 2.79. The molecule has 1 unspecified atom stereocenters. The Morgan fingerprint density at radius 1 is 1.17 bits per heavy atom. The minimum atomic E-state index is -2.78. The van der Waals surface area contributed by atoms with E-state index in [9.17, 15) is 8.78 Å². The molecule has 1 rings (SSSR count). The largest absolute Gasteiger partial charge is 0.346 e. The maximum atomic E-state index is 11.7. The second-order valence-electron chi connectivity index (χ2n) is 2.16. The summed E-state index contributed by atoms with van der Waals surface area (Å²) in [7, 11) is 0. The molecule has 0 N–H and O–H groups in total. The van der Waals surface area contributed by atoms with Gasteiger partial charge in [0, 0.05) is 0 Å². The predicted octanol–water partition coefficient (Wildman–Crippen LogP) is 2.85. The SMILES string of the molecule is FC(F)OC(S)c1ccccc1. The second kappa shape index (κ2) is 4.42. The van der Waals surface area contributed by atoms with E-state index in [4.69, 9.17) is 0 Å². The summed E-state index contributed by atoms with van der Waals surface area (Å²) in [6, 6.07) is 8.65. The number of hydrogen-bond donors (Lipinski definition) is 1. The van der Waals surface area contributed by atoms with Gasteiger partial charge in [-0.25, -0.2) is 0 Å². The lowest BCUT2D eigenvalue weighted by molar-refractivity contribution is -0.139. The number of rotatable bonds is 3. The van der Waals surface area contributed by atoms with E-state index in [1.165, 1.54) is 0 Å². The summed E-state index contributed by atoms with van der Waals surface area (Å²) in [5.41, 5.74) is -0.229. The highest BCUT2D eigenvalue weighted by Crippen LogP contribution is 2.22. The van der Waals surface area contributed by atoms with Crippen molar-refractivity contribution in [1.82, 2.24) is 0 Å². The molecule has 0 amide bonds. The smallest absolute Gasteiger partial charge is 0.304 e. The van der Waals surface area contributed by atoms with Crippen LogP contribution in [0.25, 0.3) is 0 Å². The number of ether oxygens (including phenoxy) is 1. The number of alkyl halides is 2. The van der Waals surface area contributed by atoms with Gasteiger partial charge >= 0.3 is 6.61 Å². The van der Waals surface area contributed by atoms with Crippen LogP contribution in [-0.2, 0) is 4.74 Å². The van der Waals surface area contributed by atoms with Gasteiger partial charge in [-0.2, -0.15) is 8.78 Å². The zero-order valence-electron chi connectivity index (χ0n) is 6.15. The van der Waals surface area contributed by atoms with E-state index in [1.54, 1.807) is 30.3 Å². The van der Waals surface area contributed by atoms with Crippen molar-refractivity contribution < 1.29 is 13.5 Å². The molecule has 0 radical (unpaired) electrons. The second-order valence-corrected chi connectivity index (χ2v) is 2.63. The topological polar surface area (TPSA) is 9.23 Å². The van der Waals surface area contributed by atoms with E-state index in [1.807, 2.05) is 0 Å². The number of halogens is 2. The van der Waals surface area contributed by atoms with Crippen molar-refractivity contribution in [3.63, 3.8) is 0 Å². The van der Waals surface area contributed by atoms with Crippen LogP contribution in [0.3, 0.4) is 0 Å². The fourth-order valence-corrected chi connectivity index (χ4v) is 1.06. The number of benzene rings is 1. The number of hydrogen-bond acceptors (Lipinski definition) is 2. The van der Waals surface area contributed by atoms with Crippen LogP contribution < -0.4 is 0 Å². The summed E-state index contributed by atoms with van der Waals surface area (Å²) in [6.45, 7) is -2.78. The normalized spacial score (nSPS) is 13.3. The molecular weight excluding hydrogens is 182 g/mol. The Labute approximate surface area is 74.8 Å². The summed E-state index contributed by atoms with van der Waals surface area (Å²) in [5.74, 6) is 0. The van der Waals surface area contributed by atoms with E-state index in [0.29, 0.717) is 5.56 Å². The average molecular weight is 190 g/mol. The van der Waals surface area contributed by atoms with Crippen molar-refractivity contribution in [2.24, 2.45) is 0 Å². The van der Waals surface area contributed by atoms with E-state index < -0.39 is 12.0 Å². The molecule has 1 atom stereocenters. The molecule has 0 fully saturated rings. The molecule has 1 aromatic rings. The van der Waals surface area contributed by atoms with Crippen LogP contribution in [0.15, 0.2) is 30.3 Å². The zero-order valence-corrected chi connectivity index (χ0v) is 7.05. The highest BCUT2D eigenvalue weighted by atomic mass is 32.1. The highest BCUT2D eigenvalue weighted by Gasteiger charge is 2.11. The molecule has 1 nitrogen and oxygen atoms in total. The van der Waals surface area contributed by atoms with Gasteiger partial charge in [0.2, 0.25) is 0 Å². The van der Waals surface area contributed by atoms with Gasteiger partial charge < -0.3 is 4.74 Å². The summed E-state index contributed by atoms with van der Waals surface area (Å²) < 4.78 is 27.6. The first-order valence-electron chi connectivity index (χ1n) is 3.37. The van der Waals surface area contributed by atoms with Gasteiger partial charge in [-0.1, -0.05) is 30.3 Å². The van der Waals surface area contributed by atoms with Crippen LogP contribution in [-0.4, -0.2) is 6.61 Å². The molecule has 0 saturated carbocycles. The third-order valence-corrected chi connectivity index (χ3v) is 1.74. The van der Waals surface area contributed by atoms with Gasteiger partial charge in [-0.05, 0) is 5.56 Å². The summed E-state index contributed by atoms with van der Waals surface area (Å²) in [4.78, 5) is 0. The monoisotopic (exact) mass is 190 g/mol. The van der Waals surface area contributed by atoms with Crippen molar-refractivity contribution in [3.05, 3.63) is 35.9 Å². The molecular formula is C8H8F2OS. The van der Waals surface area contributed by atoms with E-state index in [2.05, 4.69) is 17.4 Å². The van der Waals surface area contributed by atoms with E-state index >= 15 is 0 Å². The third-order valence-electron chi connectivity index (χ3n) is 1.32. The van der Waals surface area contributed by atoms with Crippen molar-refractivity contribution in [1.29, 1.82) is 0 Å². The van der Waals surface area contributed by atoms with E-state index in [0.717, 1.165) is 0 Å². The van der Waals surface area contributed by atoms with Gasteiger partial charge in [-0.3, -0.25) is 0 Å². The molecule has 1 aromatic carbocycles. The summed E-state index contributed by atoms with van der Waals surface area (Å²) in [5, 5.41) is 0. The highest BCUT2D eigenvalue weighted by molar-refractivity contribution is 7.80. The molecule has 0 spiro atoms. The average Bonchev–Trinajstić information content (AvgIpc) is 2.05. The van der Waals surface area contributed by atoms with Crippen molar-refractivity contribution in [2.75, 3.05) is 0 Å². The number of thiol groups is 1. The Kier molecular flexibility index (Phi) is 3.49. The molecule has 0 aliphatic heterocycles. The zero-order chi connectivity index (χ0) is 8.97. The van der Waals surface area contributed by atoms with Gasteiger partial charge in [0.15, 0.2) is 0 Å². The van der Waals surface area contributed by atoms with Crippen LogP contribution >= 0.6 is 12.6 Å². The molecule has 0 aliphatic rings. The van der Waals surface area contributed by atoms with Gasteiger partial charge in [0.1, 0.15) is 5.44 Å². The minimum Gasteiger partial charge on any atom is -0.304 e. The lowest BCUT2D eigenvalue weighted by atomic mass is 10.2. The fourth-order valence-electron chi connectivity index (χ4n) is 0.794. The Morgan fingerprint density at radius 3 is 2.25 bits per heavy atom. The Bertz CT molecular complexity index is 228. The summed E-state index contributed by atoms with van der Waals surface area (Å²) in [6.07, 6.45) is 0. The molecule has 0 saturated heterocycles. The first-order valence-corrected chi connectivity index (χ1v) is 3.88. The molecule has 66 valence electrons. The Morgan fingerprint density at radius 2 is 1.75 bits per heavy atom. The van der Waals surface area contributed by atoms with Crippen LogP contribution in [0.5, 0.6) is 0 Å². The lowest BCUT2D eigenvalue weighted by Gasteiger charge is -2.10. The van der Waals surface area contributed by atoms with E-state index in [-0.39, 0.29) is 0 Å². The first kappa shape index (κ1) is 9.48. The first-order chi connectivity index (χ1) is 5.70. The molecule has 0 aromatic heterocycles. The molecule has 0 bridgehead atoms. The maximum absolute atomic E-state index is 11.7. The molecule has 0 aliphatic carbocycles.